The first-order valence-electron chi connectivity index (χ1n) is 41.9. The number of halogens is 2. The van der Waals surface area contributed by atoms with E-state index in [2.05, 4.69) is 349 Å². The first-order chi connectivity index (χ1) is 50.4. The SMILES string of the molecule is CCC1=CC2=C(C=CC=CC2c2cc(C)c(C(C)(C)C)c(CC)c2)[C]12[SiH](C)[C]1(C(CC)=CC3=C1C=CC=CC3c1cc(C)c(C(C)(C)C)c(CC)c1)[Hf]21([Cl])([Cl])[C]2(C(CC)=CC3=C2C=CC=CC3c2cc(C)c(C(C)(C)C)c(CC)c2)[SiH](C)[C]12C(CC)=CC1=C2C=CC=CC1c1cc(C)c(C(C)(C)C)c(CC)c1. The Morgan fingerprint density at radius 3 is 0.673 bits per heavy atom. The van der Waals surface area contributed by atoms with Gasteiger partial charge in [0.2, 0.25) is 0 Å². The first kappa shape index (κ1) is 78.3. The molecule has 2 saturated heterocycles. The van der Waals surface area contributed by atoms with Crippen LogP contribution in [0.4, 0.5) is 0 Å². The van der Waals surface area contributed by atoms with Gasteiger partial charge < -0.3 is 0 Å². The Balaban J connectivity index is 1.23. The summed E-state index contributed by atoms with van der Waals surface area (Å²) in [5.41, 5.74) is 40.4. The molecule has 4 aromatic rings. The maximum absolute atomic E-state index is 12.1. The molecular weight excluding hydrogens is 1530 g/mol. The van der Waals surface area contributed by atoms with Gasteiger partial charge >= 0.3 is 662 Å². The second kappa shape index (κ2) is 26.1. The van der Waals surface area contributed by atoms with Crippen LogP contribution in [0.2, 0.25) is 24.3 Å². The Bertz CT molecular complexity index is 4440. The molecule has 0 bridgehead atoms. The van der Waals surface area contributed by atoms with Gasteiger partial charge in [-0.25, -0.2) is 0 Å². The third-order valence-corrected chi connectivity index (χ3v) is 146. The van der Waals surface area contributed by atoms with Crippen molar-refractivity contribution in [3.63, 3.8) is 0 Å². The molecule has 0 N–H and O–H groups in total. The van der Waals surface area contributed by atoms with Crippen molar-refractivity contribution in [1.82, 2.24) is 0 Å². The summed E-state index contributed by atoms with van der Waals surface area (Å²) in [7, 11) is 18.9. The third kappa shape index (κ3) is 9.40. The van der Waals surface area contributed by atoms with Crippen molar-refractivity contribution in [2.24, 2.45) is 0 Å². The van der Waals surface area contributed by atoms with Gasteiger partial charge in [0, 0.05) is 0 Å². The molecule has 107 heavy (non-hydrogen) atoms. The quantitative estimate of drug-likeness (QED) is 0.124. The zero-order valence-electron chi connectivity index (χ0n) is 70.5. The molecule has 0 aromatic heterocycles. The van der Waals surface area contributed by atoms with Crippen LogP contribution in [0, 0.1) is 27.7 Å². The van der Waals surface area contributed by atoms with E-state index in [0.29, 0.717) is 0 Å². The molecule has 8 atom stereocenters. The van der Waals surface area contributed by atoms with Crippen molar-refractivity contribution in [2.45, 2.75) is 287 Å². The maximum atomic E-state index is 12.1. The molecule has 10 aliphatic rings. The summed E-state index contributed by atoms with van der Waals surface area (Å²) in [6.45, 7) is 63.9. The standard InChI is InChI=1S/2C51H64Si.2ClH.Hf/c2*1-14-34-28-38(26-32(5)46(34)50(7,8)9)40-22-18-20-24-42-44(40)30-36(16-3)48(42)52(13)49-37(17-4)31-45-41(23-19-21-25-43(45)49)39-27-33(6)47(51(10,11)12)35(15-2)29-39;;;/h2*18-31,40-41,52H,14-17H2,1-13H3;2*1H;/q;;;;+2/p-2. The van der Waals surface area contributed by atoms with Crippen molar-refractivity contribution < 1.29 is 14.7 Å². The van der Waals surface area contributed by atoms with E-state index in [4.69, 9.17) is 0 Å². The van der Waals surface area contributed by atoms with E-state index < -0.39 is 43.4 Å². The fraction of sp³-hybridized carbons (Fsp3) is 0.451. The predicted octanol–water partition coefficient (Wildman–Crippen LogP) is 29.0. The van der Waals surface area contributed by atoms with Crippen LogP contribution >= 0.6 is 17.2 Å². The molecule has 2 fully saturated rings. The second-order valence-electron chi connectivity index (χ2n) is 38.6. The zero-order valence-corrected chi connectivity index (χ0v) is 78.0. The summed E-state index contributed by atoms with van der Waals surface area (Å²) >= 11 is -8.12. The predicted molar refractivity (Wildman–Crippen MR) is 471 cm³/mol. The molecule has 0 amide bonds. The molecule has 4 aromatic carbocycles. The Hall–Kier alpha value is -5.40. The first-order valence-corrected chi connectivity index (χ1v) is 62.6. The van der Waals surface area contributed by atoms with E-state index in [1.807, 2.05) is 0 Å². The Kier molecular flexibility index (Phi) is 19.1. The molecule has 562 valence electrons. The molecule has 0 saturated carbocycles. The van der Waals surface area contributed by atoms with Gasteiger partial charge in [-0.3, -0.25) is 0 Å². The fourth-order valence-electron chi connectivity index (χ4n) is 28.2. The molecule has 8 aliphatic carbocycles. The van der Waals surface area contributed by atoms with Gasteiger partial charge in [-0.1, -0.05) is 0 Å². The van der Waals surface area contributed by atoms with Crippen LogP contribution in [0.15, 0.2) is 237 Å². The monoisotopic (exact) mass is 1660 g/mol. The van der Waals surface area contributed by atoms with Gasteiger partial charge in [0.05, 0.1) is 0 Å². The summed E-state index contributed by atoms with van der Waals surface area (Å²) in [6.07, 6.45) is 59.1. The van der Waals surface area contributed by atoms with E-state index in [-0.39, 0.29) is 45.3 Å². The summed E-state index contributed by atoms with van der Waals surface area (Å²) < 4.78 is -2.84. The van der Waals surface area contributed by atoms with E-state index in [9.17, 15) is 17.2 Å². The van der Waals surface area contributed by atoms with Gasteiger partial charge in [-0.15, -0.1) is 0 Å². The Morgan fingerprint density at radius 2 is 0.505 bits per heavy atom. The number of aryl methyl sites for hydroxylation is 8. The van der Waals surface area contributed by atoms with Gasteiger partial charge in [-0.2, -0.15) is 0 Å². The number of rotatable bonds is 12. The van der Waals surface area contributed by atoms with Crippen LogP contribution in [0.1, 0.15) is 277 Å². The Labute approximate surface area is 656 Å². The number of hydrogen-bond acceptors (Lipinski definition) is 0. The van der Waals surface area contributed by atoms with Crippen molar-refractivity contribution in [3.05, 3.63) is 326 Å². The summed E-state index contributed by atoms with van der Waals surface area (Å²) in [6, 6.07) is 20.8. The molecule has 2 aliphatic heterocycles. The summed E-state index contributed by atoms with van der Waals surface area (Å²) in [5.74, 6) is -0.125. The zero-order chi connectivity index (χ0) is 77.5. The van der Waals surface area contributed by atoms with E-state index >= 15 is 0 Å². The molecule has 14 rings (SSSR count). The molecule has 5 spiro atoms. The molecule has 2 heterocycles. The van der Waals surface area contributed by atoms with E-state index in [0.717, 1.165) is 51.4 Å². The third-order valence-electron chi connectivity index (χ3n) is 29.7. The summed E-state index contributed by atoms with van der Waals surface area (Å²) in [5, 5.41) is 0. The van der Waals surface area contributed by atoms with Gasteiger partial charge in [0.1, 0.15) is 0 Å². The van der Waals surface area contributed by atoms with E-state index in [1.54, 1.807) is 0 Å². The minimum absolute atomic E-state index is 0.00851. The van der Waals surface area contributed by atoms with Gasteiger partial charge in [0.15, 0.2) is 0 Å². The average Bonchev–Trinajstić information content (AvgIpc) is 1.51. The topological polar surface area (TPSA) is 0 Å². The Morgan fingerprint density at radius 1 is 0.308 bits per heavy atom. The number of fused-ring (bicyclic) bond motifs is 8. The molecule has 8 unspecified atom stereocenters. The average molecular weight is 1660 g/mol. The molecular formula is C102H128Cl2HfSi2. The van der Waals surface area contributed by atoms with Crippen LogP contribution in [-0.2, 0) is 62.0 Å². The minimum atomic E-state index is -8.12. The fourth-order valence-corrected chi connectivity index (χ4v) is 199. The number of allylic oxidation sites excluding steroid dienone is 32. The van der Waals surface area contributed by atoms with Gasteiger partial charge in [-0.05, 0) is 0 Å². The number of hydrogen-bond donors (Lipinski definition) is 0. The second-order valence-corrected chi connectivity index (χ2v) is 93.0. The normalized spacial score (nSPS) is 29.7. The van der Waals surface area contributed by atoms with Crippen molar-refractivity contribution in [3.8, 4) is 0 Å². The summed E-state index contributed by atoms with van der Waals surface area (Å²) in [4.78, 5) is 0. The van der Waals surface area contributed by atoms with E-state index in [1.165, 1.54) is 156 Å². The van der Waals surface area contributed by atoms with Gasteiger partial charge in [0.25, 0.3) is 0 Å². The number of benzene rings is 4. The van der Waals surface area contributed by atoms with Crippen LogP contribution < -0.4 is 0 Å². The molecule has 0 radical (unpaired) electrons. The van der Waals surface area contributed by atoms with Crippen LogP contribution in [0.5, 0.6) is 0 Å². The molecule has 5 heteroatoms. The molecule has 0 nitrogen and oxygen atoms in total. The van der Waals surface area contributed by atoms with Crippen molar-refractivity contribution >= 4 is 34.7 Å². The van der Waals surface area contributed by atoms with Crippen LogP contribution in [0.25, 0.3) is 0 Å². The van der Waals surface area contributed by atoms with Crippen molar-refractivity contribution in [2.75, 3.05) is 0 Å². The van der Waals surface area contributed by atoms with Crippen LogP contribution in [0.3, 0.4) is 0 Å². The van der Waals surface area contributed by atoms with Crippen LogP contribution in [-0.4, -0.2) is 17.6 Å². The van der Waals surface area contributed by atoms with Crippen molar-refractivity contribution in [1.29, 1.82) is 0 Å².